The van der Waals surface area contributed by atoms with E-state index in [1.165, 1.54) is 4.90 Å². The van der Waals surface area contributed by atoms with Crippen LogP contribution in [0.5, 0.6) is 0 Å². The summed E-state index contributed by atoms with van der Waals surface area (Å²) in [5.41, 5.74) is 1.29. The molecule has 1 aromatic carbocycles. The number of benzene rings is 1. The number of amides is 1. The minimum Gasteiger partial charge on any atom is -0.480 e. The average Bonchev–Trinajstić information content (AvgIpc) is 2.37. The number of rotatable bonds is 2. The predicted molar refractivity (Wildman–Crippen MR) is 77.0 cm³/mol. The van der Waals surface area contributed by atoms with E-state index in [2.05, 4.69) is 0 Å². The monoisotopic (exact) mass is 295 g/mol. The Morgan fingerprint density at radius 1 is 1.40 bits per heavy atom. The van der Waals surface area contributed by atoms with Crippen LogP contribution in [0, 0.1) is 12.8 Å². The first kappa shape index (κ1) is 14.9. The third kappa shape index (κ3) is 2.96. The first-order valence-corrected chi connectivity index (χ1v) is 7.08. The van der Waals surface area contributed by atoms with E-state index in [9.17, 15) is 14.7 Å². The van der Waals surface area contributed by atoms with Crippen molar-refractivity contribution in [1.82, 2.24) is 4.90 Å². The lowest BCUT2D eigenvalue weighted by Crippen LogP contribution is -2.49. The molecule has 0 aromatic heterocycles. The molecule has 2 rings (SSSR count). The topological polar surface area (TPSA) is 57.6 Å². The van der Waals surface area contributed by atoms with Crippen LogP contribution in [0.1, 0.15) is 35.7 Å². The molecule has 1 fully saturated rings. The van der Waals surface area contributed by atoms with Crippen LogP contribution in [-0.2, 0) is 4.79 Å². The van der Waals surface area contributed by atoms with Crippen LogP contribution in [0.15, 0.2) is 18.2 Å². The summed E-state index contributed by atoms with van der Waals surface area (Å²) in [7, 11) is 0. The van der Waals surface area contributed by atoms with E-state index >= 15 is 0 Å². The van der Waals surface area contributed by atoms with Gasteiger partial charge in [0.2, 0.25) is 0 Å². The molecule has 20 heavy (non-hydrogen) atoms. The van der Waals surface area contributed by atoms with Crippen molar-refractivity contribution in [3.63, 3.8) is 0 Å². The standard InChI is InChI=1S/C15H18ClNO3/c1-9-5-6-17(13(7-9)15(19)20)14(18)12-4-3-11(16)8-10(12)2/h3-4,8-9,13H,5-7H2,1-2H3,(H,19,20). The lowest BCUT2D eigenvalue weighted by Gasteiger charge is -2.36. The molecule has 1 aliphatic heterocycles. The molecule has 0 bridgehead atoms. The van der Waals surface area contributed by atoms with Crippen LogP contribution in [-0.4, -0.2) is 34.5 Å². The van der Waals surface area contributed by atoms with E-state index in [1.54, 1.807) is 18.2 Å². The van der Waals surface area contributed by atoms with E-state index in [0.29, 0.717) is 29.5 Å². The van der Waals surface area contributed by atoms with E-state index < -0.39 is 12.0 Å². The fourth-order valence-corrected chi connectivity index (χ4v) is 2.87. The number of aliphatic carboxylic acids is 1. The van der Waals surface area contributed by atoms with Crippen molar-refractivity contribution < 1.29 is 14.7 Å². The molecule has 1 N–H and O–H groups in total. The molecule has 108 valence electrons. The van der Waals surface area contributed by atoms with Gasteiger partial charge in [-0.05, 0) is 49.4 Å². The number of carboxylic acid groups (broad SMARTS) is 1. The maximum Gasteiger partial charge on any atom is 0.326 e. The quantitative estimate of drug-likeness (QED) is 0.912. The van der Waals surface area contributed by atoms with Crippen molar-refractivity contribution in [3.8, 4) is 0 Å². The molecule has 1 amide bonds. The first-order valence-electron chi connectivity index (χ1n) is 6.70. The van der Waals surface area contributed by atoms with Crippen LogP contribution in [0.3, 0.4) is 0 Å². The average molecular weight is 296 g/mol. The number of carbonyl (C=O) groups excluding carboxylic acids is 1. The molecule has 2 atom stereocenters. The highest BCUT2D eigenvalue weighted by molar-refractivity contribution is 6.30. The number of aryl methyl sites for hydroxylation is 1. The zero-order valence-electron chi connectivity index (χ0n) is 11.6. The number of carbonyl (C=O) groups is 2. The summed E-state index contributed by atoms with van der Waals surface area (Å²) >= 11 is 5.89. The molecule has 2 unspecified atom stereocenters. The van der Waals surface area contributed by atoms with Crippen LogP contribution in [0.2, 0.25) is 5.02 Å². The third-order valence-electron chi connectivity index (χ3n) is 3.83. The summed E-state index contributed by atoms with van der Waals surface area (Å²) in [6, 6.07) is 4.31. The van der Waals surface area contributed by atoms with Crippen LogP contribution in [0.4, 0.5) is 0 Å². The second-order valence-electron chi connectivity index (χ2n) is 5.44. The van der Waals surface area contributed by atoms with Gasteiger partial charge in [-0.15, -0.1) is 0 Å². The molecular weight excluding hydrogens is 278 g/mol. The molecule has 1 saturated heterocycles. The Bertz CT molecular complexity index is 544. The van der Waals surface area contributed by atoms with Gasteiger partial charge in [-0.25, -0.2) is 4.79 Å². The molecule has 0 aliphatic carbocycles. The minimum absolute atomic E-state index is 0.224. The Morgan fingerprint density at radius 2 is 2.10 bits per heavy atom. The van der Waals surface area contributed by atoms with Gasteiger partial charge in [0, 0.05) is 17.1 Å². The molecule has 0 saturated carbocycles. The molecule has 1 heterocycles. The van der Waals surface area contributed by atoms with Crippen molar-refractivity contribution in [2.75, 3.05) is 6.54 Å². The third-order valence-corrected chi connectivity index (χ3v) is 4.06. The summed E-state index contributed by atoms with van der Waals surface area (Å²) in [4.78, 5) is 25.4. The highest BCUT2D eigenvalue weighted by Crippen LogP contribution is 2.26. The highest BCUT2D eigenvalue weighted by atomic mass is 35.5. The van der Waals surface area contributed by atoms with Crippen molar-refractivity contribution >= 4 is 23.5 Å². The fraction of sp³-hybridized carbons (Fsp3) is 0.467. The predicted octanol–water partition coefficient (Wildman–Crippen LogP) is 2.97. The summed E-state index contributed by atoms with van der Waals surface area (Å²) < 4.78 is 0. The summed E-state index contributed by atoms with van der Waals surface area (Å²) in [5.74, 6) is -0.832. The van der Waals surface area contributed by atoms with Gasteiger partial charge in [0.1, 0.15) is 6.04 Å². The van der Waals surface area contributed by atoms with Crippen LogP contribution >= 0.6 is 11.6 Å². The second kappa shape index (κ2) is 5.83. The number of nitrogens with zero attached hydrogens (tertiary/aromatic N) is 1. The summed E-state index contributed by atoms with van der Waals surface area (Å²) in [6.07, 6.45) is 1.34. The van der Waals surface area contributed by atoms with Gasteiger partial charge >= 0.3 is 5.97 Å². The summed E-state index contributed by atoms with van der Waals surface area (Å²) in [5, 5.41) is 9.89. The maximum atomic E-state index is 12.6. The van der Waals surface area contributed by atoms with Gasteiger partial charge in [-0.1, -0.05) is 18.5 Å². The summed E-state index contributed by atoms with van der Waals surface area (Å²) in [6.45, 7) is 4.31. The lowest BCUT2D eigenvalue weighted by atomic mass is 9.91. The number of halogens is 1. The highest BCUT2D eigenvalue weighted by Gasteiger charge is 2.35. The van der Waals surface area contributed by atoms with Crippen molar-refractivity contribution in [3.05, 3.63) is 34.3 Å². The zero-order valence-corrected chi connectivity index (χ0v) is 12.4. The largest absolute Gasteiger partial charge is 0.480 e. The molecule has 0 radical (unpaired) electrons. The number of carboxylic acids is 1. The van der Waals surface area contributed by atoms with Gasteiger partial charge in [-0.3, -0.25) is 4.79 Å². The van der Waals surface area contributed by atoms with E-state index in [-0.39, 0.29) is 5.91 Å². The van der Waals surface area contributed by atoms with Gasteiger partial charge in [0.15, 0.2) is 0 Å². The molecular formula is C15H18ClNO3. The SMILES string of the molecule is Cc1cc(Cl)ccc1C(=O)N1CCC(C)CC1C(=O)O. The number of likely N-dealkylation sites (tertiary alicyclic amines) is 1. The second-order valence-corrected chi connectivity index (χ2v) is 5.88. The molecule has 1 aliphatic rings. The Kier molecular flexibility index (Phi) is 4.33. The Morgan fingerprint density at radius 3 is 2.70 bits per heavy atom. The Labute approximate surface area is 123 Å². The molecule has 4 nitrogen and oxygen atoms in total. The van der Waals surface area contributed by atoms with Gasteiger partial charge < -0.3 is 10.0 Å². The molecule has 1 aromatic rings. The normalized spacial score (nSPS) is 22.6. The van der Waals surface area contributed by atoms with E-state index in [4.69, 9.17) is 11.6 Å². The fourth-order valence-electron chi connectivity index (χ4n) is 2.64. The maximum absolute atomic E-state index is 12.6. The number of piperidine rings is 1. The van der Waals surface area contributed by atoms with Gasteiger partial charge in [0.25, 0.3) is 5.91 Å². The lowest BCUT2D eigenvalue weighted by molar-refractivity contribution is -0.144. The van der Waals surface area contributed by atoms with E-state index in [1.807, 2.05) is 13.8 Å². The zero-order chi connectivity index (χ0) is 14.9. The van der Waals surface area contributed by atoms with Crippen molar-refractivity contribution in [1.29, 1.82) is 0 Å². The Balaban J connectivity index is 2.28. The van der Waals surface area contributed by atoms with Crippen molar-refractivity contribution in [2.45, 2.75) is 32.7 Å². The Hall–Kier alpha value is -1.55. The smallest absolute Gasteiger partial charge is 0.326 e. The minimum atomic E-state index is -0.934. The van der Waals surface area contributed by atoms with E-state index in [0.717, 1.165) is 12.0 Å². The van der Waals surface area contributed by atoms with Crippen LogP contribution in [0.25, 0.3) is 0 Å². The van der Waals surface area contributed by atoms with Crippen LogP contribution < -0.4 is 0 Å². The van der Waals surface area contributed by atoms with Gasteiger partial charge in [0.05, 0.1) is 0 Å². The number of hydrogen-bond acceptors (Lipinski definition) is 2. The first-order chi connectivity index (χ1) is 9.40. The molecule has 0 spiro atoms. The molecule has 5 heteroatoms. The van der Waals surface area contributed by atoms with Crippen molar-refractivity contribution in [2.24, 2.45) is 5.92 Å². The number of hydrogen-bond donors (Lipinski definition) is 1. The van der Waals surface area contributed by atoms with Gasteiger partial charge in [-0.2, -0.15) is 0 Å².